The van der Waals surface area contributed by atoms with E-state index in [-0.39, 0.29) is 24.4 Å². The fourth-order valence-electron chi connectivity index (χ4n) is 4.31. The minimum absolute atomic E-state index is 0.0592. The van der Waals surface area contributed by atoms with Crippen LogP contribution in [0.15, 0.2) is 18.2 Å². The Morgan fingerprint density at radius 3 is 2.56 bits per heavy atom. The van der Waals surface area contributed by atoms with Gasteiger partial charge in [-0.25, -0.2) is 0 Å². The number of likely N-dealkylation sites (tertiary alicyclic amines) is 2. The molecule has 146 valence electrons. The van der Waals surface area contributed by atoms with E-state index in [4.69, 9.17) is 9.47 Å². The van der Waals surface area contributed by atoms with Crippen LogP contribution in [0, 0.1) is 5.92 Å². The molecule has 0 aromatic heterocycles. The molecule has 27 heavy (non-hydrogen) atoms. The summed E-state index contributed by atoms with van der Waals surface area (Å²) in [4.78, 5) is 29.8. The molecule has 1 aromatic rings. The molecule has 0 radical (unpaired) electrons. The highest BCUT2D eigenvalue weighted by Gasteiger charge is 2.29. The third-order valence-electron chi connectivity index (χ3n) is 5.85. The molecule has 0 spiro atoms. The Balaban J connectivity index is 1.36. The second-order valence-electron chi connectivity index (χ2n) is 7.80. The lowest BCUT2D eigenvalue weighted by atomic mass is 9.90. The molecule has 1 atom stereocenters. The Morgan fingerprint density at radius 1 is 0.963 bits per heavy atom. The van der Waals surface area contributed by atoms with Crippen LogP contribution in [0.4, 0.5) is 0 Å². The van der Waals surface area contributed by atoms with E-state index in [0.717, 1.165) is 45.3 Å². The van der Waals surface area contributed by atoms with Gasteiger partial charge in [-0.2, -0.15) is 0 Å². The summed E-state index contributed by atoms with van der Waals surface area (Å²) in [6.07, 6.45) is 6.49. The third-order valence-corrected chi connectivity index (χ3v) is 5.85. The van der Waals surface area contributed by atoms with Crippen LogP contribution in [-0.2, 0) is 4.79 Å². The van der Waals surface area contributed by atoms with Gasteiger partial charge in [-0.15, -0.1) is 0 Å². The van der Waals surface area contributed by atoms with E-state index in [0.29, 0.717) is 30.2 Å². The zero-order valence-electron chi connectivity index (χ0n) is 15.8. The molecule has 2 fully saturated rings. The number of nitrogens with zero attached hydrogens (tertiary/aromatic N) is 2. The summed E-state index contributed by atoms with van der Waals surface area (Å²) < 4.78 is 10.7. The molecule has 0 unspecified atom stereocenters. The van der Waals surface area contributed by atoms with Crippen molar-refractivity contribution in [2.75, 3.05) is 39.5 Å². The van der Waals surface area contributed by atoms with E-state index >= 15 is 0 Å². The van der Waals surface area contributed by atoms with E-state index in [2.05, 4.69) is 4.90 Å². The number of Topliss-reactive ketones (excluding diaryl/α,β-unsaturated/α-hetero) is 1. The Kier molecular flexibility index (Phi) is 5.62. The molecule has 0 N–H and O–H groups in total. The largest absolute Gasteiger partial charge is 0.454 e. The topological polar surface area (TPSA) is 59.1 Å². The van der Waals surface area contributed by atoms with E-state index in [1.165, 1.54) is 12.8 Å². The van der Waals surface area contributed by atoms with Gasteiger partial charge >= 0.3 is 0 Å². The number of hydrogen-bond donors (Lipinski definition) is 0. The fourth-order valence-corrected chi connectivity index (χ4v) is 4.31. The predicted molar refractivity (Wildman–Crippen MR) is 101 cm³/mol. The van der Waals surface area contributed by atoms with Crippen LogP contribution in [0.25, 0.3) is 0 Å². The van der Waals surface area contributed by atoms with Crippen LogP contribution in [0.3, 0.4) is 0 Å². The zero-order valence-corrected chi connectivity index (χ0v) is 15.8. The van der Waals surface area contributed by atoms with Crippen molar-refractivity contribution in [3.05, 3.63) is 23.8 Å². The molecule has 3 aliphatic heterocycles. The lowest BCUT2D eigenvalue weighted by molar-refractivity contribution is -0.132. The fraction of sp³-hybridized carbons (Fsp3) is 0.619. The summed E-state index contributed by atoms with van der Waals surface area (Å²) in [7, 11) is 0. The van der Waals surface area contributed by atoms with E-state index in [1.54, 1.807) is 12.1 Å². The number of benzene rings is 1. The summed E-state index contributed by atoms with van der Waals surface area (Å²) in [6, 6.07) is 5.40. The number of ketones is 1. The highest BCUT2D eigenvalue weighted by Crippen LogP contribution is 2.33. The first kappa shape index (κ1) is 18.3. The van der Waals surface area contributed by atoms with Crippen LogP contribution in [0.2, 0.25) is 0 Å². The summed E-state index contributed by atoms with van der Waals surface area (Å²) in [5, 5.41) is 0. The smallest absolute Gasteiger partial charge is 0.236 e. The number of ether oxygens (including phenoxy) is 2. The molecule has 1 amide bonds. The van der Waals surface area contributed by atoms with Crippen LogP contribution >= 0.6 is 0 Å². The van der Waals surface area contributed by atoms with Crippen molar-refractivity contribution in [2.24, 2.45) is 5.92 Å². The highest BCUT2D eigenvalue weighted by atomic mass is 16.7. The minimum Gasteiger partial charge on any atom is -0.454 e. The van der Waals surface area contributed by atoms with Crippen molar-refractivity contribution in [1.82, 2.24) is 9.80 Å². The Hall–Kier alpha value is -2.08. The van der Waals surface area contributed by atoms with E-state index in [1.807, 2.05) is 11.0 Å². The van der Waals surface area contributed by atoms with E-state index in [9.17, 15) is 9.59 Å². The van der Waals surface area contributed by atoms with Gasteiger partial charge in [-0.3, -0.25) is 14.5 Å². The van der Waals surface area contributed by atoms with Crippen LogP contribution < -0.4 is 9.47 Å². The van der Waals surface area contributed by atoms with Gasteiger partial charge in [0, 0.05) is 31.1 Å². The van der Waals surface area contributed by atoms with Crippen molar-refractivity contribution in [1.29, 1.82) is 0 Å². The first-order chi connectivity index (χ1) is 13.2. The van der Waals surface area contributed by atoms with Gasteiger partial charge in [0.15, 0.2) is 17.3 Å². The molecule has 4 rings (SSSR count). The first-order valence-electron chi connectivity index (χ1n) is 10.1. The maximum atomic E-state index is 13.0. The van der Waals surface area contributed by atoms with Gasteiger partial charge in [0.1, 0.15) is 0 Å². The molecular weight excluding hydrogens is 344 g/mol. The predicted octanol–water partition coefficient (Wildman–Crippen LogP) is 2.71. The average molecular weight is 372 g/mol. The van der Waals surface area contributed by atoms with Gasteiger partial charge in [0.2, 0.25) is 12.7 Å². The van der Waals surface area contributed by atoms with Gasteiger partial charge < -0.3 is 14.4 Å². The lowest BCUT2D eigenvalue weighted by Gasteiger charge is -2.33. The van der Waals surface area contributed by atoms with Crippen LogP contribution in [0.5, 0.6) is 11.5 Å². The molecule has 3 heterocycles. The van der Waals surface area contributed by atoms with Crippen molar-refractivity contribution >= 4 is 11.7 Å². The molecule has 0 aliphatic carbocycles. The van der Waals surface area contributed by atoms with Gasteiger partial charge in [-0.05, 0) is 50.4 Å². The maximum Gasteiger partial charge on any atom is 0.236 e. The molecule has 2 saturated heterocycles. The number of piperidine rings is 1. The average Bonchev–Trinajstić information content (AvgIpc) is 2.99. The maximum absolute atomic E-state index is 13.0. The number of carbonyl (C=O) groups is 2. The number of hydrogen-bond acceptors (Lipinski definition) is 5. The minimum atomic E-state index is -0.0592. The third kappa shape index (κ3) is 4.26. The second-order valence-corrected chi connectivity index (χ2v) is 7.80. The van der Waals surface area contributed by atoms with Crippen molar-refractivity contribution in [3.8, 4) is 11.5 Å². The van der Waals surface area contributed by atoms with Gasteiger partial charge in [0.05, 0.1) is 6.54 Å². The van der Waals surface area contributed by atoms with Crippen molar-refractivity contribution in [2.45, 2.75) is 38.5 Å². The van der Waals surface area contributed by atoms with E-state index < -0.39 is 0 Å². The monoisotopic (exact) mass is 372 g/mol. The van der Waals surface area contributed by atoms with Crippen molar-refractivity contribution < 1.29 is 19.1 Å². The molecule has 6 heteroatoms. The highest BCUT2D eigenvalue weighted by molar-refractivity contribution is 5.98. The lowest BCUT2D eigenvalue weighted by Crippen LogP contribution is -2.45. The van der Waals surface area contributed by atoms with Crippen molar-refractivity contribution in [3.63, 3.8) is 0 Å². The van der Waals surface area contributed by atoms with Gasteiger partial charge in [0.25, 0.3) is 0 Å². The molecule has 1 aromatic carbocycles. The summed E-state index contributed by atoms with van der Waals surface area (Å²) in [6.45, 7) is 3.96. The quantitative estimate of drug-likeness (QED) is 0.761. The Labute approximate surface area is 160 Å². The first-order valence-corrected chi connectivity index (χ1v) is 10.1. The molecule has 3 aliphatic rings. The summed E-state index contributed by atoms with van der Waals surface area (Å²) in [5.41, 5.74) is 0.671. The number of amides is 1. The second kappa shape index (κ2) is 8.30. The molecule has 0 saturated carbocycles. The standard InChI is InChI=1S/C21H28N2O4/c24-20(23-10-3-1-2-4-11-23)14-22-9-5-6-17(13-22)21(25)16-7-8-18-19(12-16)27-15-26-18/h7-8,12,17H,1-6,9-11,13-15H2/t17-/m0/s1. The van der Waals surface area contributed by atoms with Gasteiger partial charge in [-0.1, -0.05) is 12.8 Å². The molecule has 6 nitrogen and oxygen atoms in total. The number of rotatable bonds is 4. The van der Waals surface area contributed by atoms with Crippen LogP contribution in [-0.4, -0.2) is 61.0 Å². The van der Waals surface area contributed by atoms with Crippen LogP contribution in [0.1, 0.15) is 48.9 Å². The summed E-state index contributed by atoms with van der Waals surface area (Å²) in [5.74, 6) is 1.63. The molecular formula is C21H28N2O4. The molecule has 0 bridgehead atoms. The number of carbonyl (C=O) groups excluding carboxylic acids is 2. The normalized spacial score (nSPS) is 23.1. The zero-order chi connectivity index (χ0) is 18.6. The summed E-state index contributed by atoms with van der Waals surface area (Å²) >= 11 is 0. The Morgan fingerprint density at radius 2 is 1.74 bits per heavy atom. The Bertz CT molecular complexity index is 697. The SMILES string of the molecule is O=C(c1ccc2c(c1)OCO2)[C@H]1CCCN(CC(=O)N2CCCCCC2)C1. The number of fused-ring (bicyclic) bond motifs is 1.